The van der Waals surface area contributed by atoms with E-state index in [0.29, 0.717) is 19.6 Å². The maximum atomic E-state index is 13.6. The van der Waals surface area contributed by atoms with Crippen LogP contribution in [-0.2, 0) is 4.79 Å². The Bertz CT molecular complexity index is 739. The number of nitrogens with zero attached hydrogens (tertiary/aromatic N) is 1. The average Bonchev–Trinajstić information content (AvgIpc) is 3.06. The highest BCUT2D eigenvalue weighted by Gasteiger charge is 2.35. The highest BCUT2D eigenvalue weighted by atomic mass is 19.1. The standard InChI is InChI=1S/C19H20F2N2O2/c20-15-6-7-18(17(21)8-15)25-12-19(24)23-10-14(9-22)16(11-23)13-4-2-1-3-5-13/h1-8,14,16H,9-12,22H2/t14-,16+/m1/s1. The fourth-order valence-electron chi connectivity index (χ4n) is 3.21. The number of amides is 1. The zero-order valence-corrected chi connectivity index (χ0v) is 13.7. The lowest BCUT2D eigenvalue weighted by atomic mass is 9.89. The van der Waals surface area contributed by atoms with E-state index < -0.39 is 11.6 Å². The van der Waals surface area contributed by atoms with Crippen molar-refractivity contribution in [3.05, 3.63) is 65.7 Å². The van der Waals surface area contributed by atoms with Crippen molar-refractivity contribution in [2.45, 2.75) is 5.92 Å². The van der Waals surface area contributed by atoms with Gasteiger partial charge in [0.2, 0.25) is 0 Å². The van der Waals surface area contributed by atoms with Gasteiger partial charge in [-0.2, -0.15) is 0 Å². The molecule has 0 saturated carbocycles. The van der Waals surface area contributed by atoms with Crippen LogP contribution in [-0.4, -0.2) is 37.0 Å². The van der Waals surface area contributed by atoms with E-state index in [2.05, 4.69) is 0 Å². The number of carbonyl (C=O) groups is 1. The Balaban J connectivity index is 1.63. The number of likely N-dealkylation sites (tertiary alicyclic amines) is 1. The maximum absolute atomic E-state index is 13.6. The van der Waals surface area contributed by atoms with E-state index in [-0.39, 0.29) is 30.1 Å². The van der Waals surface area contributed by atoms with Gasteiger partial charge in [-0.15, -0.1) is 0 Å². The fraction of sp³-hybridized carbons (Fsp3) is 0.316. The molecule has 2 N–H and O–H groups in total. The Morgan fingerprint density at radius 3 is 2.60 bits per heavy atom. The van der Waals surface area contributed by atoms with Gasteiger partial charge >= 0.3 is 0 Å². The lowest BCUT2D eigenvalue weighted by Gasteiger charge is -2.17. The molecule has 0 bridgehead atoms. The quantitative estimate of drug-likeness (QED) is 0.905. The van der Waals surface area contributed by atoms with Crippen molar-refractivity contribution in [3.8, 4) is 5.75 Å². The molecule has 6 heteroatoms. The Labute approximate surface area is 145 Å². The zero-order chi connectivity index (χ0) is 17.8. The summed E-state index contributed by atoms with van der Waals surface area (Å²) in [5.41, 5.74) is 7.02. The van der Waals surface area contributed by atoms with E-state index in [1.165, 1.54) is 6.07 Å². The third-order valence-corrected chi connectivity index (χ3v) is 4.57. The summed E-state index contributed by atoms with van der Waals surface area (Å²) in [4.78, 5) is 14.1. The van der Waals surface area contributed by atoms with Gasteiger partial charge in [0.1, 0.15) is 5.82 Å². The molecule has 1 amide bonds. The molecule has 0 spiro atoms. The molecule has 0 radical (unpaired) electrons. The predicted molar refractivity (Wildman–Crippen MR) is 90.2 cm³/mol. The minimum absolute atomic E-state index is 0.135. The normalized spacial score (nSPS) is 19.9. The van der Waals surface area contributed by atoms with Crippen molar-refractivity contribution in [2.75, 3.05) is 26.2 Å². The summed E-state index contributed by atoms with van der Waals surface area (Å²) in [6.45, 7) is 1.29. The molecule has 2 aromatic carbocycles. The van der Waals surface area contributed by atoms with Gasteiger partial charge in [-0.05, 0) is 30.2 Å². The third-order valence-electron chi connectivity index (χ3n) is 4.57. The summed E-state index contributed by atoms with van der Waals surface area (Å²) in [6, 6.07) is 12.9. The lowest BCUT2D eigenvalue weighted by Crippen LogP contribution is -2.33. The van der Waals surface area contributed by atoms with Gasteiger partial charge in [0.15, 0.2) is 18.2 Å². The van der Waals surface area contributed by atoms with Crippen LogP contribution < -0.4 is 10.5 Å². The summed E-state index contributed by atoms with van der Waals surface area (Å²) in [6.07, 6.45) is 0. The Hall–Kier alpha value is -2.47. The molecule has 4 nitrogen and oxygen atoms in total. The average molecular weight is 346 g/mol. The molecule has 1 aliphatic heterocycles. The molecular formula is C19H20F2N2O2. The first-order valence-electron chi connectivity index (χ1n) is 8.19. The van der Waals surface area contributed by atoms with E-state index in [9.17, 15) is 13.6 Å². The molecule has 0 aromatic heterocycles. The number of carbonyl (C=O) groups excluding carboxylic acids is 1. The lowest BCUT2D eigenvalue weighted by molar-refractivity contribution is -0.132. The van der Waals surface area contributed by atoms with Crippen LogP contribution in [0.3, 0.4) is 0 Å². The monoisotopic (exact) mass is 346 g/mol. The number of nitrogens with two attached hydrogens (primary N) is 1. The molecule has 3 rings (SSSR count). The number of hydrogen-bond donors (Lipinski definition) is 1. The SMILES string of the molecule is NC[C@@H]1CN(C(=O)COc2ccc(F)cc2F)C[C@H]1c1ccccc1. The summed E-state index contributed by atoms with van der Waals surface area (Å²) < 4.78 is 31.7. The van der Waals surface area contributed by atoms with Crippen LogP contribution in [0.2, 0.25) is 0 Å². The molecule has 2 aromatic rings. The Morgan fingerprint density at radius 2 is 1.92 bits per heavy atom. The molecule has 1 heterocycles. The molecule has 0 aliphatic carbocycles. The zero-order valence-electron chi connectivity index (χ0n) is 13.7. The van der Waals surface area contributed by atoms with Gasteiger partial charge in [-0.25, -0.2) is 8.78 Å². The van der Waals surface area contributed by atoms with E-state index in [4.69, 9.17) is 10.5 Å². The van der Waals surface area contributed by atoms with Gasteiger partial charge in [-0.3, -0.25) is 4.79 Å². The second-order valence-corrected chi connectivity index (χ2v) is 6.18. The van der Waals surface area contributed by atoms with Gasteiger partial charge in [0, 0.05) is 25.1 Å². The van der Waals surface area contributed by atoms with Crippen molar-refractivity contribution in [3.63, 3.8) is 0 Å². The van der Waals surface area contributed by atoms with Gasteiger partial charge in [0.05, 0.1) is 0 Å². The fourth-order valence-corrected chi connectivity index (χ4v) is 3.21. The summed E-state index contributed by atoms with van der Waals surface area (Å²) in [5.74, 6) is -1.53. The summed E-state index contributed by atoms with van der Waals surface area (Å²) >= 11 is 0. The van der Waals surface area contributed by atoms with Gasteiger partial charge in [-0.1, -0.05) is 30.3 Å². The van der Waals surface area contributed by atoms with E-state index >= 15 is 0 Å². The minimum Gasteiger partial charge on any atom is -0.481 e. The first-order chi connectivity index (χ1) is 12.1. The van der Waals surface area contributed by atoms with E-state index in [1.807, 2.05) is 30.3 Å². The summed E-state index contributed by atoms with van der Waals surface area (Å²) in [5, 5.41) is 0. The van der Waals surface area contributed by atoms with Crippen molar-refractivity contribution in [1.82, 2.24) is 4.90 Å². The molecule has 1 fully saturated rings. The summed E-state index contributed by atoms with van der Waals surface area (Å²) in [7, 11) is 0. The van der Waals surface area contributed by atoms with Crippen molar-refractivity contribution < 1.29 is 18.3 Å². The van der Waals surface area contributed by atoms with Crippen LogP contribution in [0.4, 0.5) is 8.78 Å². The second kappa shape index (κ2) is 7.61. The van der Waals surface area contributed by atoms with Crippen LogP contribution in [0.1, 0.15) is 11.5 Å². The minimum atomic E-state index is -0.823. The van der Waals surface area contributed by atoms with Crippen molar-refractivity contribution in [2.24, 2.45) is 11.7 Å². The highest BCUT2D eigenvalue weighted by Crippen LogP contribution is 2.32. The third kappa shape index (κ3) is 3.96. The van der Waals surface area contributed by atoms with Crippen LogP contribution in [0.15, 0.2) is 48.5 Å². The van der Waals surface area contributed by atoms with Crippen molar-refractivity contribution >= 4 is 5.91 Å². The molecule has 132 valence electrons. The van der Waals surface area contributed by atoms with Crippen LogP contribution in [0.5, 0.6) is 5.75 Å². The second-order valence-electron chi connectivity index (χ2n) is 6.18. The first kappa shape index (κ1) is 17.4. The number of ether oxygens (including phenoxy) is 1. The number of halogens is 2. The molecule has 1 aliphatic rings. The van der Waals surface area contributed by atoms with Gasteiger partial charge < -0.3 is 15.4 Å². The number of benzene rings is 2. The van der Waals surface area contributed by atoms with Crippen molar-refractivity contribution in [1.29, 1.82) is 0 Å². The molecule has 25 heavy (non-hydrogen) atoms. The first-order valence-corrected chi connectivity index (χ1v) is 8.19. The van der Waals surface area contributed by atoms with E-state index in [1.54, 1.807) is 4.90 Å². The number of rotatable bonds is 5. The van der Waals surface area contributed by atoms with Crippen LogP contribution >= 0.6 is 0 Å². The molecule has 0 unspecified atom stereocenters. The Kier molecular flexibility index (Phi) is 5.28. The molecule has 1 saturated heterocycles. The maximum Gasteiger partial charge on any atom is 0.260 e. The van der Waals surface area contributed by atoms with Crippen LogP contribution in [0, 0.1) is 17.6 Å². The van der Waals surface area contributed by atoms with Gasteiger partial charge in [0.25, 0.3) is 5.91 Å². The topological polar surface area (TPSA) is 55.6 Å². The molecule has 2 atom stereocenters. The number of hydrogen-bond acceptors (Lipinski definition) is 3. The Morgan fingerprint density at radius 1 is 1.16 bits per heavy atom. The smallest absolute Gasteiger partial charge is 0.260 e. The molecular weight excluding hydrogens is 326 g/mol. The van der Waals surface area contributed by atoms with E-state index in [0.717, 1.165) is 17.7 Å². The predicted octanol–water partition coefficient (Wildman–Crippen LogP) is 2.54. The van der Waals surface area contributed by atoms with Crippen LogP contribution in [0.25, 0.3) is 0 Å². The largest absolute Gasteiger partial charge is 0.481 e. The highest BCUT2D eigenvalue weighted by molar-refractivity contribution is 5.78.